The highest BCUT2D eigenvalue weighted by atomic mass is 15.1. The molecule has 2 rings (SSSR count). The van der Waals surface area contributed by atoms with Gasteiger partial charge in [0, 0.05) is 18.8 Å². The molecule has 106 valence electrons. The lowest BCUT2D eigenvalue weighted by Crippen LogP contribution is -2.39. The summed E-state index contributed by atoms with van der Waals surface area (Å²) in [5.41, 5.74) is 8.01. The van der Waals surface area contributed by atoms with Gasteiger partial charge in [0.25, 0.3) is 0 Å². The van der Waals surface area contributed by atoms with Crippen LogP contribution >= 0.6 is 0 Å². The van der Waals surface area contributed by atoms with E-state index in [1.165, 1.54) is 38.0 Å². The lowest BCUT2D eigenvalue weighted by Gasteiger charge is -2.35. The molecule has 0 amide bonds. The first-order valence-corrected chi connectivity index (χ1v) is 7.62. The van der Waals surface area contributed by atoms with Crippen LogP contribution in [0, 0.1) is 11.8 Å². The number of nitrogen functional groups attached to an aromatic ring is 1. The fourth-order valence-electron chi connectivity index (χ4n) is 3.34. The highest BCUT2D eigenvalue weighted by Crippen LogP contribution is 2.24. The summed E-state index contributed by atoms with van der Waals surface area (Å²) in [5.74, 6) is 2.33. The minimum atomic E-state index is 0.619. The quantitative estimate of drug-likeness (QED) is 0.836. The highest BCUT2D eigenvalue weighted by Gasteiger charge is 2.21. The third-order valence-corrected chi connectivity index (χ3v) is 4.33. The van der Waals surface area contributed by atoms with Crippen LogP contribution < -0.4 is 5.73 Å². The Balaban J connectivity index is 1.83. The van der Waals surface area contributed by atoms with Crippen molar-refractivity contribution in [3.63, 3.8) is 0 Å². The second kappa shape index (κ2) is 6.42. The van der Waals surface area contributed by atoms with Gasteiger partial charge >= 0.3 is 0 Å². The van der Waals surface area contributed by atoms with Gasteiger partial charge in [-0.05, 0) is 54.8 Å². The zero-order valence-corrected chi connectivity index (χ0v) is 12.6. The van der Waals surface area contributed by atoms with Crippen molar-refractivity contribution in [2.45, 2.75) is 39.5 Å². The minimum absolute atomic E-state index is 0.619. The van der Waals surface area contributed by atoms with E-state index in [2.05, 4.69) is 37.8 Å². The average molecular weight is 260 g/mol. The van der Waals surface area contributed by atoms with Gasteiger partial charge < -0.3 is 10.6 Å². The Morgan fingerprint density at radius 3 is 2.32 bits per heavy atom. The van der Waals surface area contributed by atoms with Gasteiger partial charge in [0.05, 0.1) is 0 Å². The maximum Gasteiger partial charge on any atom is 0.0314 e. The van der Waals surface area contributed by atoms with Crippen molar-refractivity contribution in [1.82, 2.24) is 4.90 Å². The molecule has 0 aliphatic carbocycles. The van der Waals surface area contributed by atoms with Gasteiger partial charge in [-0.1, -0.05) is 32.9 Å². The standard InChI is InChI=1S/C17H28N2/c1-13-10-14(2)12-19(11-13)9-8-15(3)16-4-6-17(18)7-5-16/h4-7,13-15H,8-12,18H2,1-3H3. The monoisotopic (exact) mass is 260 g/mol. The molecule has 1 aromatic rings. The number of hydrogen-bond acceptors (Lipinski definition) is 2. The normalized spacial score (nSPS) is 26.3. The number of hydrogen-bond donors (Lipinski definition) is 1. The van der Waals surface area contributed by atoms with E-state index < -0.39 is 0 Å². The first-order valence-electron chi connectivity index (χ1n) is 7.62. The summed E-state index contributed by atoms with van der Waals surface area (Å²) in [6, 6.07) is 8.36. The predicted molar refractivity (Wildman–Crippen MR) is 83.3 cm³/mol. The molecule has 3 atom stereocenters. The molecule has 19 heavy (non-hydrogen) atoms. The van der Waals surface area contributed by atoms with Gasteiger partial charge in [0.15, 0.2) is 0 Å². The van der Waals surface area contributed by atoms with Crippen molar-refractivity contribution < 1.29 is 0 Å². The maximum atomic E-state index is 5.74. The van der Waals surface area contributed by atoms with Crippen LogP contribution in [0.25, 0.3) is 0 Å². The van der Waals surface area contributed by atoms with E-state index in [1.807, 2.05) is 12.1 Å². The Morgan fingerprint density at radius 2 is 1.74 bits per heavy atom. The average Bonchev–Trinajstić information content (AvgIpc) is 2.36. The van der Waals surface area contributed by atoms with E-state index in [1.54, 1.807) is 0 Å². The molecule has 2 heteroatoms. The van der Waals surface area contributed by atoms with Crippen molar-refractivity contribution in [1.29, 1.82) is 0 Å². The van der Waals surface area contributed by atoms with Gasteiger partial charge in [-0.3, -0.25) is 0 Å². The number of piperidine rings is 1. The Hall–Kier alpha value is -1.02. The first kappa shape index (κ1) is 14.4. The molecule has 1 heterocycles. The fraction of sp³-hybridized carbons (Fsp3) is 0.647. The van der Waals surface area contributed by atoms with Crippen molar-refractivity contribution in [2.75, 3.05) is 25.4 Å². The summed E-state index contributed by atoms with van der Waals surface area (Å²) in [4.78, 5) is 2.65. The second-order valence-corrected chi connectivity index (χ2v) is 6.56. The number of anilines is 1. The Bertz CT molecular complexity index is 375. The predicted octanol–water partition coefficient (Wildman–Crippen LogP) is 3.74. The molecule has 1 aliphatic rings. The van der Waals surface area contributed by atoms with Gasteiger partial charge in [-0.15, -0.1) is 0 Å². The summed E-state index contributed by atoms with van der Waals surface area (Å²) < 4.78 is 0. The summed E-state index contributed by atoms with van der Waals surface area (Å²) >= 11 is 0. The SMILES string of the molecule is CC1CC(C)CN(CCC(C)c2ccc(N)cc2)C1. The van der Waals surface area contributed by atoms with Crippen LogP contribution in [0.15, 0.2) is 24.3 Å². The Labute approximate surface area is 118 Å². The van der Waals surface area contributed by atoms with E-state index in [0.717, 1.165) is 17.5 Å². The number of benzene rings is 1. The molecule has 0 radical (unpaired) electrons. The molecular weight excluding hydrogens is 232 g/mol. The van der Waals surface area contributed by atoms with E-state index >= 15 is 0 Å². The van der Waals surface area contributed by atoms with Crippen LogP contribution in [-0.4, -0.2) is 24.5 Å². The third kappa shape index (κ3) is 4.24. The van der Waals surface area contributed by atoms with Crippen molar-refractivity contribution >= 4 is 5.69 Å². The minimum Gasteiger partial charge on any atom is -0.399 e. The lowest BCUT2D eigenvalue weighted by molar-refractivity contribution is 0.137. The van der Waals surface area contributed by atoms with Crippen molar-refractivity contribution in [3.05, 3.63) is 29.8 Å². The van der Waals surface area contributed by atoms with Crippen LogP contribution in [-0.2, 0) is 0 Å². The third-order valence-electron chi connectivity index (χ3n) is 4.33. The zero-order chi connectivity index (χ0) is 13.8. The molecule has 2 nitrogen and oxygen atoms in total. The second-order valence-electron chi connectivity index (χ2n) is 6.56. The van der Waals surface area contributed by atoms with Gasteiger partial charge in [-0.25, -0.2) is 0 Å². The highest BCUT2D eigenvalue weighted by molar-refractivity contribution is 5.40. The topological polar surface area (TPSA) is 29.3 Å². The molecule has 2 N–H and O–H groups in total. The zero-order valence-electron chi connectivity index (χ0n) is 12.6. The molecule has 0 spiro atoms. The van der Waals surface area contributed by atoms with E-state index in [-0.39, 0.29) is 0 Å². The van der Waals surface area contributed by atoms with Crippen LogP contribution in [0.1, 0.15) is 45.1 Å². The summed E-state index contributed by atoms with van der Waals surface area (Å²) in [6.45, 7) is 10.9. The largest absolute Gasteiger partial charge is 0.399 e. The molecular formula is C17H28N2. The summed E-state index contributed by atoms with van der Waals surface area (Å²) in [5, 5.41) is 0. The van der Waals surface area contributed by atoms with Gasteiger partial charge in [-0.2, -0.15) is 0 Å². The summed E-state index contributed by atoms with van der Waals surface area (Å²) in [6.07, 6.45) is 2.63. The number of nitrogens with two attached hydrogens (primary N) is 1. The maximum absolute atomic E-state index is 5.74. The van der Waals surface area contributed by atoms with Gasteiger partial charge in [0.1, 0.15) is 0 Å². The smallest absolute Gasteiger partial charge is 0.0314 e. The Kier molecular flexibility index (Phi) is 4.87. The van der Waals surface area contributed by atoms with Crippen LogP contribution in [0.2, 0.25) is 0 Å². The first-order chi connectivity index (χ1) is 9.04. The molecule has 3 unspecified atom stereocenters. The molecule has 1 aliphatic heterocycles. The van der Waals surface area contributed by atoms with Crippen LogP contribution in [0.4, 0.5) is 5.69 Å². The molecule has 1 fully saturated rings. The van der Waals surface area contributed by atoms with Crippen molar-refractivity contribution in [3.8, 4) is 0 Å². The molecule has 0 aromatic heterocycles. The van der Waals surface area contributed by atoms with E-state index in [4.69, 9.17) is 5.73 Å². The molecule has 0 saturated carbocycles. The number of nitrogens with zero attached hydrogens (tertiary/aromatic N) is 1. The summed E-state index contributed by atoms with van der Waals surface area (Å²) in [7, 11) is 0. The van der Waals surface area contributed by atoms with Gasteiger partial charge in [0.2, 0.25) is 0 Å². The van der Waals surface area contributed by atoms with Crippen molar-refractivity contribution in [2.24, 2.45) is 11.8 Å². The lowest BCUT2D eigenvalue weighted by atomic mass is 9.91. The Morgan fingerprint density at radius 1 is 1.16 bits per heavy atom. The number of rotatable bonds is 4. The number of likely N-dealkylation sites (tertiary alicyclic amines) is 1. The van der Waals surface area contributed by atoms with Crippen LogP contribution in [0.3, 0.4) is 0 Å². The van der Waals surface area contributed by atoms with E-state index in [0.29, 0.717) is 5.92 Å². The van der Waals surface area contributed by atoms with E-state index in [9.17, 15) is 0 Å². The molecule has 1 aromatic carbocycles. The van der Waals surface area contributed by atoms with Crippen LogP contribution in [0.5, 0.6) is 0 Å². The fourth-order valence-corrected chi connectivity index (χ4v) is 3.34. The molecule has 0 bridgehead atoms. The molecule has 1 saturated heterocycles.